The average Bonchev–Trinajstić information content (AvgIpc) is 2.66. The number of carbonyl (C=O) groups excluding carboxylic acids is 2. The van der Waals surface area contributed by atoms with Crippen molar-refractivity contribution in [1.29, 1.82) is 0 Å². The first kappa shape index (κ1) is 17.8. The summed E-state index contributed by atoms with van der Waals surface area (Å²) in [6, 6.07) is 12.6. The van der Waals surface area contributed by atoms with Gasteiger partial charge < -0.3 is 19.7 Å². The molecule has 3 rings (SSSR count). The van der Waals surface area contributed by atoms with E-state index in [9.17, 15) is 9.59 Å². The molecule has 0 aliphatic carbocycles. The molecular formula is C20H22N2O4. The lowest BCUT2D eigenvalue weighted by atomic mass is 10.1. The minimum Gasteiger partial charge on any atom is -0.486 e. The van der Waals surface area contributed by atoms with E-state index in [2.05, 4.69) is 5.32 Å². The zero-order chi connectivity index (χ0) is 18.5. The van der Waals surface area contributed by atoms with Gasteiger partial charge in [0.15, 0.2) is 11.5 Å². The highest BCUT2D eigenvalue weighted by Gasteiger charge is 2.18. The van der Waals surface area contributed by atoms with Crippen LogP contribution in [0.2, 0.25) is 0 Å². The lowest BCUT2D eigenvalue weighted by molar-refractivity contribution is -0.116. The third-order valence-electron chi connectivity index (χ3n) is 4.13. The summed E-state index contributed by atoms with van der Waals surface area (Å²) in [5.41, 5.74) is 2.27. The number of nitrogens with zero attached hydrogens (tertiary/aromatic N) is 1. The average molecular weight is 354 g/mol. The van der Waals surface area contributed by atoms with Crippen LogP contribution in [0.1, 0.15) is 22.8 Å². The maximum atomic E-state index is 12.6. The van der Waals surface area contributed by atoms with E-state index in [4.69, 9.17) is 9.47 Å². The Morgan fingerprint density at radius 1 is 1.04 bits per heavy atom. The molecule has 1 aliphatic rings. The Labute approximate surface area is 152 Å². The van der Waals surface area contributed by atoms with Crippen LogP contribution < -0.4 is 14.8 Å². The summed E-state index contributed by atoms with van der Waals surface area (Å²) in [5, 5.41) is 2.80. The molecule has 26 heavy (non-hydrogen) atoms. The molecule has 1 heterocycles. The van der Waals surface area contributed by atoms with E-state index in [-0.39, 0.29) is 18.4 Å². The van der Waals surface area contributed by atoms with E-state index < -0.39 is 0 Å². The number of rotatable bonds is 5. The van der Waals surface area contributed by atoms with Crippen molar-refractivity contribution < 1.29 is 19.1 Å². The molecule has 0 atom stereocenters. The molecule has 1 N–H and O–H groups in total. The molecule has 0 saturated carbocycles. The Morgan fingerprint density at radius 3 is 2.42 bits per heavy atom. The minimum absolute atomic E-state index is 0.0162. The number of likely N-dealkylation sites (N-methyl/N-ethyl adjacent to an activating group) is 1. The molecule has 6 heteroatoms. The molecule has 6 nitrogen and oxygen atoms in total. The molecule has 0 unspecified atom stereocenters. The summed E-state index contributed by atoms with van der Waals surface area (Å²) in [6.07, 6.45) is 0. The van der Waals surface area contributed by atoms with Crippen molar-refractivity contribution >= 4 is 17.5 Å². The lowest BCUT2D eigenvalue weighted by Crippen LogP contribution is -2.37. The van der Waals surface area contributed by atoms with Gasteiger partial charge in [0.25, 0.3) is 5.91 Å². The highest BCUT2D eigenvalue weighted by atomic mass is 16.6. The molecule has 0 radical (unpaired) electrons. The standard InChI is InChI=1S/C20H22N2O4/c1-3-22(20(24)15-6-4-14(2)5-7-15)13-19(23)21-16-8-9-17-18(12-16)26-11-10-25-17/h4-9,12H,3,10-11,13H2,1-2H3,(H,21,23). The molecule has 0 aromatic heterocycles. The van der Waals surface area contributed by atoms with Crippen LogP contribution in [0.25, 0.3) is 0 Å². The predicted octanol–water partition coefficient (Wildman–Crippen LogP) is 2.87. The Bertz CT molecular complexity index is 802. The van der Waals surface area contributed by atoms with Gasteiger partial charge in [-0.15, -0.1) is 0 Å². The van der Waals surface area contributed by atoms with Gasteiger partial charge in [0.2, 0.25) is 5.91 Å². The monoisotopic (exact) mass is 354 g/mol. The maximum absolute atomic E-state index is 12.6. The van der Waals surface area contributed by atoms with Crippen molar-refractivity contribution in [2.24, 2.45) is 0 Å². The van der Waals surface area contributed by atoms with Crippen molar-refractivity contribution in [2.45, 2.75) is 13.8 Å². The third-order valence-corrected chi connectivity index (χ3v) is 4.13. The number of ether oxygens (including phenoxy) is 2. The van der Waals surface area contributed by atoms with E-state index >= 15 is 0 Å². The van der Waals surface area contributed by atoms with Crippen LogP contribution in [0.3, 0.4) is 0 Å². The van der Waals surface area contributed by atoms with Crippen LogP contribution in [0.15, 0.2) is 42.5 Å². The maximum Gasteiger partial charge on any atom is 0.254 e. The molecule has 0 bridgehead atoms. The van der Waals surface area contributed by atoms with Gasteiger partial charge in [0.1, 0.15) is 19.8 Å². The number of hydrogen-bond donors (Lipinski definition) is 1. The van der Waals surface area contributed by atoms with Crippen LogP contribution in [-0.2, 0) is 4.79 Å². The first-order chi connectivity index (χ1) is 12.6. The zero-order valence-electron chi connectivity index (χ0n) is 15.0. The van der Waals surface area contributed by atoms with Gasteiger partial charge in [-0.3, -0.25) is 9.59 Å². The van der Waals surface area contributed by atoms with E-state index in [1.54, 1.807) is 30.3 Å². The molecule has 1 aliphatic heterocycles. The number of amides is 2. The second kappa shape index (κ2) is 7.91. The van der Waals surface area contributed by atoms with E-state index in [0.717, 1.165) is 5.56 Å². The summed E-state index contributed by atoms with van der Waals surface area (Å²) in [7, 11) is 0. The van der Waals surface area contributed by atoms with Gasteiger partial charge >= 0.3 is 0 Å². The van der Waals surface area contributed by atoms with Gasteiger partial charge in [-0.2, -0.15) is 0 Å². The summed E-state index contributed by atoms with van der Waals surface area (Å²) in [6.45, 7) is 5.25. The number of nitrogens with one attached hydrogen (secondary N) is 1. The number of anilines is 1. The highest BCUT2D eigenvalue weighted by Crippen LogP contribution is 2.32. The van der Waals surface area contributed by atoms with Crippen molar-refractivity contribution in [3.8, 4) is 11.5 Å². The lowest BCUT2D eigenvalue weighted by Gasteiger charge is -2.21. The van der Waals surface area contributed by atoms with Crippen LogP contribution in [0.4, 0.5) is 5.69 Å². The second-order valence-electron chi connectivity index (χ2n) is 6.09. The van der Waals surface area contributed by atoms with Gasteiger partial charge in [0.05, 0.1) is 0 Å². The number of fused-ring (bicyclic) bond motifs is 1. The smallest absolute Gasteiger partial charge is 0.254 e. The van der Waals surface area contributed by atoms with Gasteiger partial charge in [-0.1, -0.05) is 17.7 Å². The van der Waals surface area contributed by atoms with Crippen LogP contribution in [0, 0.1) is 6.92 Å². The fourth-order valence-corrected chi connectivity index (χ4v) is 2.70. The molecule has 136 valence electrons. The van der Waals surface area contributed by atoms with Gasteiger partial charge in [-0.05, 0) is 38.1 Å². The first-order valence-electron chi connectivity index (χ1n) is 8.62. The highest BCUT2D eigenvalue weighted by molar-refractivity contribution is 5.99. The minimum atomic E-state index is -0.260. The third kappa shape index (κ3) is 4.14. The van der Waals surface area contributed by atoms with Gasteiger partial charge in [0, 0.05) is 23.9 Å². The van der Waals surface area contributed by atoms with E-state index in [1.165, 1.54) is 4.90 Å². The summed E-state index contributed by atoms with van der Waals surface area (Å²) in [4.78, 5) is 26.5. The molecular weight excluding hydrogens is 332 g/mol. The SMILES string of the molecule is CCN(CC(=O)Nc1ccc2c(c1)OCCO2)C(=O)c1ccc(C)cc1. The van der Waals surface area contributed by atoms with E-state index in [1.807, 2.05) is 26.0 Å². The molecule has 2 aromatic carbocycles. The number of benzene rings is 2. The van der Waals surface area contributed by atoms with Crippen molar-refractivity contribution in [3.05, 3.63) is 53.6 Å². The van der Waals surface area contributed by atoms with E-state index in [0.29, 0.717) is 42.5 Å². The Kier molecular flexibility index (Phi) is 5.41. The Hall–Kier alpha value is -3.02. The summed E-state index contributed by atoms with van der Waals surface area (Å²) < 4.78 is 11.0. The fourth-order valence-electron chi connectivity index (χ4n) is 2.70. The van der Waals surface area contributed by atoms with Crippen molar-refractivity contribution in [1.82, 2.24) is 4.90 Å². The normalized spacial score (nSPS) is 12.4. The molecule has 0 saturated heterocycles. The Morgan fingerprint density at radius 2 is 1.73 bits per heavy atom. The van der Waals surface area contributed by atoms with Gasteiger partial charge in [-0.25, -0.2) is 0 Å². The number of carbonyl (C=O) groups is 2. The first-order valence-corrected chi connectivity index (χ1v) is 8.62. The predicted molar refractivity (Wildman–Crippen MR) is 98.8 cm³/mol. The topological polar surface area (TPSA) is 67.9 Å². The molecule has 0 spiro atoms. The summed E-state index contributed by atoms with van der Waals surface area (Å²) in [5.74, 6) is 0.852. The molecule has 2 amide bonds. The largest absolute Gasteiger partial charge is 0.486 e. The van der Waals surface area contributed by atoms with Crippen molar-refractivity contribution in [3.63, 3.8) is 0 Å². The molecule has 2 aromatic rings. The number of aryl methyl sites for hydroxylation is 1. The van der Waals surface area contributed by atoms with Crippen LogP contribution >= 0.6 is 0 Å². The Balaban J connectivity index is 1.64. The van der Waals surface area contributed by atoms with Crippen LogP contribution in [-0.4, -0.2) is 43.0 Å². The fraction of sp³-hybridized carbons (Fsp3) is 0.300. The van der Waals surface area contributed by atoms with Crippen LogP contribution in [0.5, 0.6) is 11.5 Å². The number of hydrogen-bond acceptors (Lipinski definition) is 4. The second-order valence-corrected chi connectivity index (χ2v) is 6.09. The quantitative estimate of drug-likeness (QED) is 0.896. The van der Waals surface area contributed by atoms with Crippen molar-refractivity contribution in [2.75, 3.05) is 31.6 Å². The molecule has 0 fully saturated rings. The zero-order valence-corrected chi connectivity index (χ0v) is 15.0. The summed E-state index contributed by atoms with van der Waals surface area (Å²) >= 11 is 0.